The summed E-state index contributed by atoms with van der Waals surface area (Å²) in [7, 11) is 0. The summed E-state index contributed by atoms with van der Waals surface area (Å²) in [5.41, 5.74) is 7.00. The van der Waals surface area contributed by atoms with Gasteiger partial charge in [0.1, 0.15) is 24.3 Å². The molecule has 27 heavy (non-hydrogen) atoms. The maximum Gasteiger partial charge on any atom is 0.254 e. The van der Waals surface area contributed by atoms with Gasteiger partial charge in [0, 0.05) is 31.4 Å². The Morgan fingerprint density at radius 3 is 3.15 bits per heavy atom. The average molecular weight is 368 g/mol. The van der Waals surface area contributed by atoms with Crippen molar-refractivity contribution >= 4 is 29.0 Å². The molecule has 2 aromatic rings. The van der Waals surface area contributed by atoms with Crippen LogP contribution in [0.15, 0.2) is 24.4 Å². The van der Waals surface area contributed by atoms with Gasteiger partial charge in [0.25, 0.3) is 5.91 Å². The third kappa shape index (κ3) is 4.56. The Labute approximate surface area is 156 Å². The van der Waals surface area contributed by atoms with Crippen LogP contribution in [0.2, 0.25) is 0 Å². The summed E-state index contributed by atoms with van der Waals surface area (Å²) in [5.74, 6) is 3.13. The van der Waals surface area contributed by atoms with Crippen LogP contribution in [0.4, 0.5) is 23.1 Å². The highest BCUT2D eigenvalue weighted by Gasteiger charge is 2.16. The number of carbonyl (C=O) groups excluding carboxylic acids is 1. The Hall–Kier alpha value is -3.51. The van der Waals surface area contributed by atoms with E-state index < -0.39 is 12.0 Å². The second-order valence-corrected chi connectivity index (χ2v) is 5.88. The molecule has 1 aromatic heterocycles. The molecule has 0 fully saturated rings. The molecule has 0 saturated carbocycles. The number of nitrogens with two attached hydrogens (primary N) is 1. The van der Waals surface area contributed by atoms with Crippen LogP contribution in [0, 0.1) is 12.3 Å². The number of nitrogens with one attached hydrogen (secondary N) is 3. The fraction of sp³-hybridized carbons (Fsp3) is 0.278. The van der Waals surface area contributed by atoms with E-state index in [1.165, 1.54) is 6.20 Å². The van der Waals surface area contributed by atoms with Crippen molar-refractivity contribution in [3.05, 3.63) is 30.0 Å². The molecule has 6 N–H and O–H groups in total. The number of carbonyl (C=O) groups is 1. The lowest BCUT2D eigenvalue weighted by atomic mass is 10.2. The van der Waals surface area contributed by atoms with Crippen molar-refractivity contribution in [2.75, 3.05) is 35.6 Å². The van der Waals surface area contributed by atoms with Gasteiger partial charge in [-0.05, 0) is 18.2 Å². The summed E-state index contributed by atoms with van der Waals surface area (Å²) in [5, 5.41) is 18.9. The summed E-state index contributed by atoms with van der Waals surface area (Å²) in [4.78, 5) is 20.0. The SMILES string of the molecule is C#CCCNc1nc(Nc2ccc3c(c2)NC[C@H](O)CO3)ncc1C(N)=O. The number of nitrogens with zero attached hydrogens (tertiary/aromatic N) is 2. The molecule has 0 unspecified atom stereocenters. The zero-order valence-corrected chi connectivity index (χ0v) is 14.5. The minimum atomic E-state index is -0.630. The van der Waals surface area contributed by atoms with Crippen molar-refractivity contribution in [2.45, 2.75) is 12.5 Å². The molecule has 3 rings (SSSR count). The molecule has 1 aliphatic heterocycles. The molecule has 140 valence electrons. The number of rotatable bonds is 6. The molecule has 1 atom stereocenters. The van der Waals surface area contributed by atoms with E-state index in [0.717, 1.165) is 5.69 Å². The van der Waals surface area contributed by atoms with E-state index in [9.17, 15) is 9.90 Å². The van der Waals surface area contributed by atoms with Crippen molar-refractivity contribution < 1.29 is 14.6 Å². The van der Waals surface area contributed by atoms with Gasteiger partial charge in [-0.15, -0.1) is 12.3 Å². The number of hydrogen-bond donors (Lipinski definition) is 5. The highest BCUT2D eigenvalue weighted by molar-refractivity contribution is 5.97. The average Bonchev–Trinajstić information content (AvgIpc) is 2.83. The number of aliphatic hydroxyl groups is 1. The fourth-order valence-electron chi connectivity index (χ4n) is 2.48. The number of fused-ring (bicyclic) bond motifs is 1. The first-order valence-corrected chi connectivity index (χ1v) is 8.37. The molecule has 0 bridgehead atoms. The van der Waals surface area contributed by atoms with Gasteiger partial charge in [0.15, 0.2) is 0 Å². The molecule has 1 amide bonds. The standard InChI is InChI=1S/C18H20N6O3/c1-2-3-6-20-17-13(16(19)26)9-22-18(24-17)23-11-4-5-15-14(7-11)21-8-12(25)10-27-15/h1,4-5,7,9,12,21,25H,3,6,8,10H2,(H2,19,26)(H2,20,22,23,24)/t12-/m0/s1. The largest absolute Gasteiger partial charge is 0.489 e. The highest BCUT2D eigenvalue weighted by atomic mass is 16.5. The van der Waals surface area contributed by atoms with Gasteiger partial charge in [-0.3, -0.25) is 4.79 Å². The third-order valence-corrected chi connectivity index (χ3v) is 3.81. The van der Waals surface area contributed by atoms with Crippen LogP contribution in [-0.2, 0) is 0 Å². The predicted molar refractivity (Wildman–Crippen MR) is 102 cm³/mol. The number of hydrogen-bond acceptors (Lipinski definition) is 8. The molecule has 9 heteroatoms. The molecule has 2 heterocycles. The van der Waals surface area contributed by atoms with Crippen LogP contribution >= 0.6 is 0 Å². The van der Waals surface area contributed by atoms with Crippen molar-refractivity contribution in [1.82, 2.24) is 9.97 Å². The monoisotopic (exact) mass is 368 g/mol. The molecule has 0 saturated heterocycles. The quantitative estimate of drug-likeness (QED) is 0.375. The number of aliphatic hydroxyl groups excluding tert-OH is 1. The number of terminal acetylenes is 1. The van der Waals surface area contributed by atoms with E-state index in [-0.39, 0.29) is 18.1 Å². The number of ether oxygens (including phenoxy) is 1. The first-order chi connectivity index (χ1) is 13.1. The van der Waals surface area contributed by atoms with Gasteiger partial charge in [0.2, 0.25) is 5.95 Å². The molecule has 0 aliphatic carbocycles. The summed E-state index contributed by atoms with van der Waals surface area (Å²) >= 11 is 0. The van der Waals surface area contributed by atoms with E-state index in [4.69, 9.17) is 16.9 Å². The maximum atomic E-state index is 11.5. The second-order valence-electron chi connectivity index (χ2n) is 5.88. The summed E-state index contributed by atoms with van der Waals surface area (Å²) in [6.45, 7) is 1.08. The zero-order valence-electron chi connectivity index (χ0n) is 14.5. The smallest absolute Gasteiger partial charge is 0.254 e. The molecular formula is C18H20N6O3. The van der Waals surface area contributed by atoms with Crippen LogP contribution in [0.25, 0.3) is 0 Å². The topological polar surface area (TPSA) is 134 Å². The Morgan fingerprint density at radius 1 is 1.52 bits per heavy atom. The summed E-state index contributed by atoms with van der Waals surface area (Å²) < 4.78 is 5.53. The first kappa shape index (κ1) is 18.3. The Kier molecular flexibility index (Phi) is 5.58. The molecule has 1 aliphatic rings. The fourth-order valence-corrected chi connectivity index (χ4v) is 2.48. The lowest BCUT2D eigenvalue weighted by Crippen LogP contribution is -2.23. The molecular weight excluding hydrogens is 348 g/mol. The van der Waals surface area contributed by atoms with Crippen LogP contribution in [0.1, 0.15) is 16.8 Å². The van der Waals surface area contributed by atoms with E-state index >= 15 is 0 Å². The first-order valence-electron chi connectivity index (χ1n) is 8.37. The Balaban J connectivity index is 1.80. The number of aromatic nitrogens is 2. The van der Waals surface area contributed by atoms with Crippen LogP contribution in [0.3, 0.4) is 0 Å². The number of amides is 1. The van der Waals surface area contributed by atoms with E-state index in [0.29, 0.717) is 36.8 Å². The van der Waals surface area contributed by atoms with Gasteiger partial charge >= 0.3 is 0 Å². The third-order valence-electron chi connectivity index (χ3n) is 3.81. The van der Waals surface area contributed by atoms with E-state index in [2.05, 4.69) is 31.8 Å². The van der Waals surface area contributed by atoms with Gasteiger partial charge in [-0.2, -0.15) is 4.98 Å². The van der Waals surface area contributed by atoms with Crippen LogP contribution < -0.4 is 26.4 Å². The summed E-state index contributed by atoms with van der Waals surface area (Å²) in [6.07, 6.45) is 6.50. The molecule has 0 radical (unpaired) electrons. The van der Waals surface area contributed by atoms with Crippen LogP contribution in [0.5, 0.6) is 5.75 Å². The van der Waals surface area contributed by atoms with Gasteiger partial charge in [-0.1, -0.05) is 0 Å². The molecule has 9 nitrogen and oxygen atoms in total. The molecule has 0 spiro atoms. The van der Waals surface area contributed by atoms with Crippen molar-refractivity contribution in [1.29, 1.82) is 0 Å². The number of β-amino-alcohol motifs (C(OH)–C–C–N with tert-alkyl or cyclic N) is 1. The van der Waals surface area contributed by atoms with Crippen molar-refractivity contribution in [3.63, 3.8) is 0 Å². The van der Waals surface area contributed by atoms with Crippen LogP contribution in [-0.4, -0.2) is 46.8 Å². The minimum absolute atomic E-state index is 0.184. The summed E-state index contributed by atoms with van der Waals surface area (Å²) in [6, 6.07) is 5.41. The Morgan fingerprint density at radius 2 is 2.37 bits per heavy atom. The van der Waals surface area contributed by atoms with Crippen molar-refractivity contribution in [3.8, 4) is 18.1 Å². The number of primary amides is 1. The van der Waals surface area contributed by atoms with Gasteiger partial charge < -0.3 is 31.5 Å². The minimum Gasteiger partial charge on any atom is -0.489 e. The predicted octanol–water partition coefficient (Wildman–Crippen LogP) is 0.919. The van der Waals surface area contributed by atoms with E-state index in [1.54, 1.807) is 12.1 Å². The second kappa shape index (κ2) is 8.25. The Bertz CT molecular complexity index is 880. The normalized spacial score (nSPS) is 15.3. The van der Waals surface area contributed by atoms with Crippen molar-refractivity contribution in [2.24, 2.45) is 5.73 Å². The van der Waals surface area contributed by atoms with E-state index in [1.807, 2.05) is 6.07 Å². The van der Waals surface area contributed by atoms with Gasteiger partial charge in [0.05, 0.1) is 11.3 Å². The highest BCUT2D eigenvalue weighted by Crippen LogP contribution is 2.30. The lowest BCUT2D eigenvalue weighted by molar-refractivity contribution is 0.100. The maximum absolute atomic E-state index is 11.5. The number of benzene rings is 1. The lowest BCUT2D eigenvalue weighted by Gasteiger charge is -2.12. The van der Waals surface area contributed by atoms with Gasteiger partial charge in [-0.25, -0.2) is 4.98 Å². The zero-order chi connectivity index (χ0) is 19.2. The number of anilines is 4. The molecule has 1 aromatic carbocycles.